The molecule has 8 heteroatoms. The Morgan fingerprint density at radius 1 is 1.39 bits per heavy atom. The van der Waals surface area contributed by atoms with Crippen molar-refractivity contribution in [2.45, 2.75) is 0 Å². The molecule has 0 spiro atoms. The number of carbonyl (C=O) groups is 2. The van der Waals surface area contributed by atoms with Crippen LogP contribution >= 0.6 is 23.4 Å². The number of benzene rings is 1. The van der Waals surface area contributed by atoms with E-state index in [1.807, 2.05) is 0 Å². The van der Waals surface area contributed by atoms with Gasteiger partial charge in [-0.25, -0.2) is 9.79 Å². The molecule has 0 saturated carbocycles. The molecule has 0 aliphatic carbocycles. The molecular formula is C15H9ClN2O4S. The fraction of sp³-hybridized carbons (Fsp3) is 0. The van der Waals surface area contributed by atoms with Crippen molar-refractivity contribution in [1.29, 1.82) is 0 Å². The normalized spacial score (nSPS) is 17.7. The first-order valence-corrected chi connectivity index (χ1v) is 7.58. The maximum absolute atomic E-state index is 11.9. The first kappa shape index (κ1) is 15.4. The molecule has 0 atom stereocenters. The van der Waals surface area contributed by atoms with Crippen LogP contribution in [0.25, 0.3) is 6.08 Å². The van der Waals surface area contributed by atoms with E-state index < -0.39 is 5.97 Å². The van der Waals surface area contributed by atoms with E-state index in [9.17, 15) is 14.7 Å². The van der Waals surface area contributed by atoms with Crippen molar-refractivity contribution < 1.29 is 19.1 Å². The van der Waals surface area contributed by atoms with Gasteiger partial charge in [0.05, 0.1) is 22.4 Å². The number of carboxylic acid groups (broad SMARTS) is 1. The quantitative estimate of drug-likeness (QED) is 0.828. The number of carbonyl (C=O) groups excluding carboxylic acids is 1. The number of carboxylic acids is 1. The number of furan rings is 1. The van der Waals surface area contributed by atoms with Gasteiger partial charge in [-0.3, -0.25) is 4.79 Å². The van der Waals surface area contributed by atoms with Crippen LogP contribution in [0.3, 0.4) is 0 Å². The number of rotatable bonds is 3. The molecule has 1 amide bonds. The fourth-order valence-electron chi connectivity index (χ4n) is 1.87. The van der Waals surface area contributed by atoms with Crippen LogP contribution in [0.2, 0.25) is 5.02 Å². The molecule has 0 bridgehead atoms. The lowest BCUT2D eigenvalue weighted by atomic mass is 10.2. The highest BCUT2D eigenvalue weighted by Gasteiger charge is 2.25. The average Bonchev–Trinajstić information content (AvgIpc) is 3.12. The van der Waals surface area contributed by atoms with Gasteiger partial charge in [0.25, 0.3) is 5.91 Å². The van der Waals surface area contributed by atoms with Crippen LogP contribution in [-0.2, 0) is 4.79 Å². The molecule has 1 aliphatic rings. The van der Waals surface area contributed by atoms with Crippen molar-refractivity contribution in [3.8, 4) is 0 Å². The molecule has 1 aliphatic heterocycles. The monoisotopic (exact) mass is 348 g/mol. The van der Waals surface area contributed by atoms with Crippen LogP contribution in [0.15, 0.2) is 50.9 Å². The Morgan fingerprint density at radius 2 is 2.22 bits per heavy atom. The summed E-state index contributed by atoms with van der Waals surface area (Å²) in [4.78, 5) is 27.8. The fourth-order valence-corrected chi connectivity index (χ4v) is 2.86. The minimum Gasteiger partial charge on any atom is -0.478 e. The topological polar surface area (TPSA) is 91.9 Å². The molecular weight excluding hydrogens is 340 g/mol. The lowest BCUT2D eigenvalue weighted by molar-refractivity contribution is -0.115. The molecule has 2 aromatic rings. The summed E-state index contributed by atoms with van der Waals surface area (Å²) < 4.78 is 5.16. The number of amidine groups is 1. The molecule has 6 nitrogen and oxygen atoms in total. The molecule has 3 rings (SSSR count). The van der Waals surface area contributed by atoms with Crippen LogP contribution in [-0.4, -0.2) is 22.2 Å². The van der Waals surface area contributed by atoms with E-state index >= 15 is 0 Å². The summed E-state index contributed by atoms with van der Waals surface area (Å²) in [5.74, 6) is -0.926. The van der Waals surface area contributed by atoms with Crippen molar-refractivity contribution in [2.24, 2.45) is 4.99 Å². The maximum atomic E-state index is 11.9. The minimum atomic E-state index is -1.15. The number of amides is 1. The van der Waals surface area contributed by atoms with Crippen molar-refractivity contribution in [2.75, 3.05) is 0 Å². The third-order valence-corrected chi connectivity index (χ3v) is 4.02. The van der Waals surface area contributed by atoms with Crippen molar-refractivity contribution in [3.63, 3.8) is 0 Å². The number of hydrogen-bond acceptors (Lipinski definition) is 5. The van der Waals surface area contributed by atoms with Gasteiger partial charge in [0.15, 0.2) is 5.17 Å². The van der Waals surface area contributed by atoms with Gasteiger partial charge >= 0.3 is 5.97 Å². The van der Waals surface area contributed by atoms with Crippen LogP contribution < -0.4 is 5.32 Å². The first-order chi connectivity index (χ1) is 11.0. The molecule has 1 aromatic heterocycles. The summed E-state index contributed by atoms with van der Waals surface area (Å²) in [5.41, 5.74) is 0.173. The largest absolute Gasteiger partial charge is 0.478 e. The second-order valence-electron chi connectivity index (χ2n) is 4.46. The molecule has 116 valence electrons. The smallest absolute Gasteiger partial charge is 0.337 e. The Labute approximate surface area is 139 Å². The van der Waals surface area contributed by atoms with Gasteiger partial charge in [0.1, 0.15) is 5.76 Å². The van der Waals surface area contributed by atoms with Crippen molar-refractivity contribution in [1.82, 2.24) is 5.32 Å². The standard InChI is InChI=1S/C15H9ClN2O4S/c16-8-3-4-11(10(6-8)14(20)21)17-15-18-13(19)12(23-15)7-9-2-1-5-22-9/h1-7H,(H,20,21)(H,17,18,19)/b12-7+. The van der Waals surface area contributed by atoms with Crippen LogP contribution in [0.5, 0.6) is 0 Å². The predicted molar refractivity (Wildman–Crippen MR) is 87.9 cm³/mol. The Morgan fingerprint density at radius 3 is 2.91 bits per heavy atom. The number of halogens is 1. The summed E-state index contributed by atoms with van der Waals surface area (Å²) in [6.45, 7) is 0. The molecule has 1 saturated heterocycles. The van der Waals surface area contributed by atoms with Gasteiger partial charge in [-0.1, -0.05) is 11.6 Å². The van der Waals surface area contributed by atoms with Crippen LogP contribution in [0.1, 0.15) is 16.1 Å². The van der Waals surface area contributed by atoms with Crippen molar-refractivity contribution >= 4 is 52.2 Å². The summed E-state index contributed by atoms with van der Waals surface area (Å²) in [5, 5.41) is 12.4. The molecule has 0 unspecified atom stereocenters. The number of nitrogens with one attached hydrogen (secondary N) is 1. The van der Waals surface area contributed by atoms with Gasteiger partial charge in [-0.15, -0.1) is 0 Å². The zero-order valence-electron chi connectivity index (χ0n) is 11.4. The Bertz CT molecular complexity index is 843. The number of aliphatic imine (C=N–C) groups is 1. The van der Waals surface area contributed by atoms with E-state index in [1.54, 1.807) is 18.2 Å². The van der Waals surface area contributed by atoms with Crippen LogP contribution in [0, 0.1) is 0 Å². The summed E-state index contributed by atoms with van der Waals surface area (Å²) in [7, 11) is 0. The zero-order chi connectivity index (χ0) is 16.4. The summed E-state index contributed by atoms with van der Waals surface area (Å²) >= 11 is 6.90. The molecule has 2 N–H and O–H groups in total. The second kappa shape index (κ2) is 6.31. The van der Waals surface area contributed by atoms with Crippen LogP contribution in [0.4, 0.5) is 5.69 Å². The SMILES string of the molecule is O=C1NC(=Nc2ccc(Cl)cc2C(=O)O)S/C1=C/c1ccco1. The molecule has 2 heterocycles. The summed E-state index contributed by atoms with van der Waals surface area (Å²) in [6, 6.07) is 7.77. The molecule has 0 radical (unpaired) electrons. The lowest BCUT2D eigenvalue weighted by Gasteiger charge is -2.02. The highest BCUT2D eigenvalue weighted by atomic mass is 35.5. The van der Waals surface area contributed by atoms with E-state index in [-0.39, 0.29) is 22.3 Å². The van der Waals surface area contributed by atoms with E-state index in [1.165, 1.54) is 24.5 Å². The number of nitrogens with zero attached hydrogens (tertiary/aromatic N) is 1. The number of thioether (sulfide) groups is 1. The highest BCUT2D eigenvalue weighted by Crippen LogP contribution is 2.30. The Kier molecular flexibility index (Phi) is 4.22. The molecule has 23 heavy (non-hydrogen) atoms. The Hall–Kier alpha value is -2.51. The van der Waals surface area contributed by atoms with Crippen molar-refractivity contribution in [3.05, 3.63) is 57.8 Å². The second-order valence-corrected chi connectivity index (χ2v) is 5.93. The van der Waals surface area contributed by atoms with Gasteiger partial charge < -0.3 is 14.8 Å². The Balaban J connectivity index is 1.91. The third-order valence-electron chi connectivity index (χ3n) is 2.88. The van der Waals surface area contributed by atoms with Gasteiger partial charge in [-0.05, 0) is 42.1 Å². The third kappa shape index (κ3) is 3.46. The van der Waals surface area contributed by atoms with E-state index in [4.69, 9.17) is 16.0 Å². The predicted octanol–water partition coefficient (Wildman–Crippen LogP) is 3.52. The van der Waals surface area contributed by atoms with Gasteiger partial charge in [-0.2, -0.15) is 0 Å². The van der Waals surface area contributed by atoms with Gasteiger partial charge in [0, 0.05) is 11.1 Å². The summed E-state index contributed by atoms with van der Waals surface area (Å²) in [6.07, 6.45) is 3.09. The lowest BCUT2D eigenvalue weighted by Crippen LogP contribution is -2.19. The number of aromatic carboxylic acids is 1. The first-order valence-electron chi connectivity index (χ1n) is 6.39. The molecule has 1 fully saturated rings. The van der Waals surface area contributed by atoms with E-state index in [0.29, 0.717) is 15.7 Å². The van der Waals surface area contributed by atoms with Gasteiger partial charge in [0.2, 0.25) is 0 Å². The molecule has 1 aromatic carbocycles. The minimum absolute atomic E-state index is 0.0386. The van der Waals surface area contributed by atoms with E-state index in [0.717, 1.165) is 11.8 Å². The zero-order valence-corrected chi connectivity index (χ0v) is 13.0. The highest BCUT2D eigenvalue weighted by molar-refractivity contribution is 8.18. The van der Waals surface area contributed by atoms with E-state index in [2.05, 4.69) is 10.3 Å². The number of hydrogen-bond donors (Lipinski definition) is 2. The average molecular weight is 349 g/mol. The maximum Gasteiger partial charge on any atom is 0.337 e.